The maximum Gasteiger partial charge on any atom is 0.191 e. The first-order chi connectivity index (χ1) is 13.7. The summed E-state index contributed by atoms with van der Waals surface area (Å²) < 4.78 is 18.9. The first-order valence-corrected chi connectivity index (χ1v) is 9.80. The topological polar surface area (TPSA) is 48.9 Å². The van der Waals surface area contributed by atoms with Gasteiger partial charge < -0.3 is 15.4 Å². The van der Waals surface area contributed by atoms with E-state index < -0.39 is 0 Å². The van der Waals surface area contributed by atoms with Gasteiger partial charge in [-0.05, 0) is 35.4 Å². The van der Waals surface area contributed by atoms with Gasteiger partial charge in [-0.2, -0.15) is 0 Å². The lowest BCUT2D eigenvalue weighted by molar-refractivity contribution is 0.0170. The van der Waals surface area contributed by atoms with Gasteiger partial charge >= 0.3 is 0 Å². The number of guanidine groups is 1. The Bertz CT molecular complexity index is 795. The van der Waals surface area contributed by atoms with Gasteiger partial charge in [0, 0.05) is 38.2 Å². The van der Waals surface area contributed by atoms with E-state index in [2.05, 4.69) is 26.6 Å². The molecule has 1 unspecified atom stereocenters. The molecule has 0 saturated carbocycles. The van der Waals surface area contributed by atoms with Crippen LogP contribution in [0.3, 0.4) is 0 Å². The Morgan fingerprint density at radius 1 is 1.18 bits per heavy atom. The van der Waals surface area contributed by atoms with Crippen molar-refractivity contribution in [3.63, 3.8) is 0 Å². The Labute approximate surface area is 170 Å². The van der Waals surface area contributed by atoms with Gasteiger partial charge in [-0.15, -0.1) is 0 Å². The lowest BCUT2D eigenvalue weighted by Crippen LogP contribution is -2.46. The molecular formula is C21H26ClFN4O. The van der Waals surface area contributed by atoms with Crippen LogP contribution in [0.15, 0.2) is 53.5 Å². The van der Waals surface area contributed by atoms with E-state index in [0.717, 1.165) is 42.5 Å². The first kappa shape index (κ1) is 20.6. The molecule has 1 aliphatic rings. The van der Waals surface area contributed by atoms with Gasteiger partial charge in [0.15, 0.2) is 5.96 Å². The molecule has 0 aliphatic carbocycles. The molecule has 1 atom stereocenters. The molecule has 1 saturated heterocycles. The summed E-state index contributed by atoms with van der Waals surface area (Å²) in [4.78, 5) is 6.68. The summed E-state index contributed by atoms with van der Waals surface area (Å²) in [5, 5.41) is 7.35. The van der Waals surface area contributed by atoms with E-state index in [-0.39, 0.29) is 11.9 Å². The summed E-state index contributed by atoms with van der Waals surface area (Å²) >= 11 is 6.22. The number of halogens is 2. The van der Waals surface area contributed by atoms with E-state index in [1.165, 1.54) is 12.1 Å². The van der Waals surface area contributed by atoms with Gasteiger partial charge in [0.2, 0.25) is 0 Å². The van der Waals surface area contributed by atoms with Crippen LogP contribution < -0.4 is 10.6 Å². The van der Waals surface area contributed by atoms with Crippen LogP contribution in [0.2, 0.25) is 5.02 Å². The minimum absolute atomic E-state index is 0.148. The van der Waals surface area contributed by atoms with Crippen LogP contribution in [0.4, 0.5) is 4.39 Å². The Hall–Kier alpha value is -2.15. The molecule has 2 N–H and O–H groups in total. The van der Waals surface area contributed by atoms with Crippen LogP contribution in [0.1, 0.15) is 17.2 Å². The first-order valence-electron chi connectivity index (χ1n) is 9.42. The van der Waals surface area contributed by atoms with Crippen molar-refractivity contribution in [3.05, 3.63) is 70.5 Å². The third kappa shape index (κ3) is 5.92. The summed E-state index contributed by atoms with van der Waals surface area (Å²) in [7, 11) is 1.73. The highest BCUT2D eigenvalue weighted by molar-refractivity contribution is 6.30. The molecule has 1 fully saturated rings. The van der Waals surface area contributed by atoms with E-state index in [9.17, 15) is 4.39 Å². The van der Waals surface area contributed by atoms with Gasteiger partial charge in [-0.25, -0.2) is 4.39 Å². The van der Waals surface area contributed by atoms with Gasteiger partial charge in [-0.3, -0.25) is 9.89 Å². The van der Waals surface area contributed by atoms with Crippen molar-refractivity contribution in [3.8, 4) is 0 Å². The Morgan fingerprint density at radius 3 is 2.68 bits per heavy atom. The molecule has 1 aliphatic heterocycles. The molecule has 150 valence electrons. The largest absolute Gasteiger partial charge is 0.379 e. The highest BCUT2D eigenvalue weighted by Gasteiger charge is 2.23. The standard InChI is InChI=1S/C21H26ClFN4O/c1-24-21(25-14-16-4-2-7-19(23)12-16)26-15-20(27-8-10-28-11-9-27)17-5-3-6-18(22)13-17/h2-7,12-13,20H,8-11,14-15H2,1H3,(H2,24,25,26). The monoisotopic (exact) mass is 404 g/mol. The molecule has 2 aromatic carbocycles. The van der Waals surface area contributed by atoms with Crippen molar-refractivity contribution in [1.82, 2.24) is 15.5 Å². The fourth-order valence-corrected chi connectivity index (χ4v) is 3.51. The molecule has 3 rings (SSSR count). The maximum atomic E-state index is 13.4. The van der Waals surface area contributed by atoms with Gasteiger partial charge in [0.1, 0.15) is 5.82 Å². The lowest BCUT2D eigenvalue weighted by Gasteiger charge is -2.35. The van der Waals surface area contributed by atoms with Crippen LogP contribution in [0, 0.1) is 5.82 Å². The van der Waals surface area contributed by atoms with E-state index in [4.69, 9.17) is 16.3 Å². The average molecular weight is 405 g/mol. The Kier molecular flexibility index (Phi) is 7.65. The molecule has 5 nitrogen and oxygen atoms in total. The van der Waals surface area contributed by atoms with Crippen LogP contribution in [0.25, 0.3) is 0 Å². The molecule has 7 heteroatoms. The van der Waals surface area contributed by atoms with Crippen LogP contribution in [-0.2, 0) is 11.3 Å². The summed E-state index contributed by atoms with van der Waals surface area (Å²) in [5.41, 5.74) is 2.02. The Morgan fingerprint density at radius 2 is 1.96 bits per heavy atom. The van der Waals surface area contributed by atoms with Crippen molar-refractivity contribution >= 4 is 17.6 Å². The number of ether oxygens (including phenoxy) is 1. The van der Waals surface area contributed by atoms with Gasteiger partial charge in [0.05, 0.1) is 19.3 Å². The second-order valence-electron chi connectivity index (χ2n) is 6.66. The van der Waals surface area contributed by atoms with Crippen molar-refractivity contribution in [1.29, 1.82) is 0 Å². The smallest absolute Gasteiger partial charge is 0.191 e. The molecule has 0 amide bonds. The van der Waals surface area contributed by atoms with Crippen molar-refractivity contribution in [2.24, 2.45) is 4.99 Å². The molecule has 0 bridgehead atoms. The maximum absolute atomic E-state index is 13.4. The second kappa shape index (κ2) is 10.4. The van der Waals surface area contributed by atoms with Crippen LogP contribution >= 0.6 is 11.6 Å². The van der Waals surface area contributed by atoms with E-state index in [0.29, 0.717) is 19.0 Å². The zero-order valence-corrected chi connectivity index (χ0v) is 16.8. The summed E-state index contributed by atoms with van der Waals surface area (Å²) in [6.45, 7) is 4.36. The third-order valence-electron chi connectivity index (χ3n) is 4.76. The average Bonchev–Trinajstić information content (AvgIpc) is 2.71. The number of nitrogens with zero attached hydrogens (tertiary/aromatic N) is 2. The van der Waals surface area contributed by atoms with E-state index in [1.54, 1.807) is 13.1 Å². The molecular weight excluding hydrogens is 379 g/mol. The minimum atomic E-state index is -0.240. The SMILES string of the molecule is CN=C(NCc1cccc(F)c1)NCC(c1cccc(Cl)c1)N1CCOCC1. The number of rotatable bonds is 6. The van der Waals surface area contributed by atoms with Crippen molar-refractivity contribution < 1.29 is 9.13 Å². The van der Waals surface area contributed by atoms with Crippen LogP contribution in [-0.4, -0.2) is 50.8 Å². The predicted octanol–water partition coefficient (Wildman–Crippen LogP) is 3.22. The number of hydrogen-bond donors (Lipinski definition) is 2. The van der Waals surface area contributed by atoms with Crippen molar-refractivity contribution in [2.75, 3.05) is 39.9 Å². The lowest BCUT2D eigenvalue weighted by atomic mass is 10.0. The number of nitrogens with one attached hydrogen (secondary N) is 2. The molecule has 0 spiro atoms. The third-order valence-corrected chi connectivity index (χ3v) is 4.99. The fraction of sp³-hybridized carbons (Fsp3) is 0.381. The number of hydrogen-bond acceptors (Lipinski definition) is 3. The molecule has 1 heterocycles. The summed E-state index contributed by atoms with van der Waals surface area (Å²) in [6, 6.07) is 14.6. The zero-order valence-electron chi connectivity index (χ0n) is 16.0. The summed E-state index contributed by atoms with van der Waals surface area (Å²) in [6.07, 6.45) is 0. The van der Waals surface area contributed by atoms with Gasteiger partial charge in [-0.1, -0.05) is 35.9 Å². The minimum Gasteiger partial charge on any atom is -0.379 e. The number of benzene rings is 2. The van der Waals surface area contributed by atoms with Crippen molar-refractivity contribution in [2.45, 2.75) is 12.6 Å². The van der Waals surface area contributed by atoms with Gasteiger partial charge in [0.25, 0.3) is 0 Å². The quantitative estimate of drug-likeness (QED) is 0.573. The fourth-order valence-electron chi connectivity index (χ4n) is 3.31. The normalized spacial score (nSPS) is 16.6. The molecule has 0 radical (unpaired) electrons. The molecule has 28 heavy (non-hydrogen) atoms. The summed E-state index contributed by atoms with van der Waals surface area (Å²) in [5.74, 6) is 0.431. The zero-order chi connectivity index (χ0) is 19.8. The van der Waals surface area contributed by atoms with E-state index in [1.807, 2.05) is 24.3 Å². The van der Waals surface area contributed by atoms with E-state index >= 15 is 0 Å². The number of aliphatic imine (C=N–C) groups is 1. The predicted molar refractivity (Wildman–Crippen MR) is 111 cm³/mol. The molecule has 0 aromatic heterocycles. The van der Waals surface area contributed by atoms with Crippen LogP contribution in [0.5, 0.6) is 0 Å². The highest BCUT2D eigenvalue weighted by Crippen LogP contribution is 2.24. The molecule has 2 aromatic rings. The number of morpholine rings is 1. The highest BCUT2D eigenvalue weighted by atomic mass is 35.5. The second-order valence-corrected chi connectivity index (χ2v) is 7.09. The Balaban J connectivity index is 1.64.